The van der Waals surface area contributed by atoms with Crippen molar-refractivity contribution >= 4 is 17.4 Å². The van der Waals surface area contributed by atoms with E-state index in [0.717, 1.165) is 11.4 Å². The van der Waals surface area contributed by atoms with E-state index in [2.05, 4.69) is 15.8 Å². The van der Waals surface area contributed by atoms with Gasteiger partial charge in [0.1, 0.15) is 0 Å². The number of aryl methyl sites for hydroxylation is 1. The summed E-state index contributed by atoms with van der Waals surface area (Å²) in [4.78, 5) is 21.1. The van der Waals surface area contributed by atoms with E-state index in [9.17, 15) is 4.79 Å². The van der Waals surface area contributed by atoms with Gasteiger partial charge in [-0.05, 0) is 13.8 Å². The molecule has 0 fully saturated rings. The Morgan fingerprint density at radius 1 is 1.67 bits per heavy atom. The van der Waals surface area contributed by atoms with E-state index >= 15 is 0 Å². The van der Waals surface area contributed by atoms with E-state index in [-0.39, 0.29) is 6.03 Å². The second-order valence-electron chi connectivity index (χ2n) is 2.91. The number of thiazole rings is 1. The Morgan fingerprint density at radius 2 is 2.47 bits per heavy atom. The number of amides is 2. The third-order valence-electron chi connectivity index (χ3n) is 1.60. The fourth-order valence-electron chi connectivity index (χ4n) is 0.974. The molecular formula is C9H15N3O2S. The van der Waals surface area contributed by atoms with Crippen molar-refractivity contribution in [1.82, 2.24) is 15.8 Å². The Labute approximate surface area is 92.8 Å². The molecule has 2 N–H and O–H groups in total. The molecule has 15 heavy (non-hydrogen) atoms. The van der Waals surface area contributed by atoms with Crippen LogP contribution in [0.1, 0.15) is 16.8 Å². The molecule has 1 aromatic rings. The summed E-state index contributed by atoms with van der Waals surface area (Å²) >= 11 is 1.64. The summed E-state index contributed by atoms with van der Waals surface area (Å²) in [5.41, 5.74) is 2.26. The van der Waals surface area contributed by atoms with Crippen molar-refractivity contribution in [3.05, 3.63) is 16.1 Å². The monoisotopic (exact) mass is 229 g/mol. The number of hydrogen-bond donors (Lipinski definition) is 2. The standard InChI is InChI=1S/C9H15N3O2S/c1-3-14-12-9(13)10-5-4-8-11-6-7(2)15-8/h6H,3-5H2,1-2H3,(H2,10,12,13). The van der Waals surface area contributed by atoms with Crippen molar-refractivity contribution in [1.29, 1.82) is 0 Å². The zero-order valence-corrected chi connectivity index (χ0v) is 9.69. The minimum Gasteiger partial charge on any atom is -0.336 e. The van der Waals surface area contributed by atoms with Crippen molar-refractivity contribution in [2.75, 3.05) is 13.2 Å². The molecule has 6 heteroatoms. The number of carbonyl (C=O) groups is 1. The van der Waals surface area contributed by atoms with E-state index in [1.807, 2.05) is 13.1 Å². The van der Waals surface area contributed by atoms with Crippen LogP contribution >= 0.6 is 11.3 Å². The Morgan fingerprint density at radius 3 is 3.07 bits per heavy atom. The lowest BCUT2D eigenvalue weighted by Crippen LogP contribution is -2.36. The lowest BCUT2D eigenvalue weighted by molar-refractivity contribution is 0.0708. The van der Waals surface area contributed by atoms with Crippen molar-refractivity contribution in [2.24, 2.45) is 0 Å². The first-order chi connectivity index (χ1) is 7.22. The van der Waals surface area contributed by atoms with E-state index in [1.165, 1.54) is 4.88 Å². The number of nitrogens with zero attached hydrogens (tertiary/aromatic N) is 1. The molecule has 0 aliphatic carbocycles. The highest BCUT2D eigenvalue weighted by Gasteiger charge is 2.01. The summed E-state index contributed by atoms with van der Waals surface area (Å²) in [6.45, 7) is 4.83. The van der Waals surface area contributed by atoms with Gasteiger partial charge in [0.05, 0.1) is 11.6 Å². The smallest absolute Gasteiger partial charge is 0.336 e. The van der Waals surface area contributed by atoms with Crippen LogP contribution < -0.4 is 10.8 Å². The number of carbonyl (C=O) groups excluding carboxylic acids is 1. The van der Waals surface area contributed by atoms with Gasteiger partial charge in [-0.25, -0.2) is 15.3 Å². The largest absolute Gasteiger partial charge is 0.338 e. The van der Waals surface area contributed by atoms with Gasteiger partial charge in [-0.1, -0.05) is 0 Å². The van der Waals surface area contributed by atoms with Crippen LogP contribution in [0.2, 0.25) is 0 Å². The molecular weight excluding hydrogens is 214 g/mol. The maximum atomic E-state index is 11.0. The normalized spacial score (nSPS) is 10.0. The molecule has 0 unspecified atom stereocenters. The van der Waals surface area contributed by atoms with Crippen LogP contribution in [-0.4, -0.2) is 24.2 Å². The van der Waals surface area contributed by atoms with Crippen LogP contribution in [0.15, 0.2) is 6.20 Å². The summed E-state index contributed by atoms with van der Waals surface area (Å²) in [7, 11) is 0. The fourth-order valence-corrected chi connectivity index (χ4v) is 1.76. The average molecular weight is 229 g/mol. The SMILES string of the molecule is CCONC(=O)NCCc1ncc(C)s1. The van der Waals surface area contributed by atoms with E-state index in [4.69, 9.17) is 4.84 Å². The van der Waals surface area contributed by atoms with Crippen LogP contribution in [0.3, 0.4) is 0 Å². The topological polar surface area (TPSA) is 63.2 Å². The van der Waals surface area contributed by atoms with Gasteiger partial charge in [-0.15, -0.1) is 11.3 Å². The third-order valence-corrected chi connectivity index (χ3v) is 2.58. The van der Waals surface area contributed by atoms with Gasteiger partial charge in [-0.2, -0.15) is 0 Å². The number of rotatable bonds is 5. The molecule has 0 aliphatic heterocycles. The molecule has 5 nitrogen and oxygen atoms in total. The Hall–Kier alpha value is -1.14. The van der Waals surface area contributed by atoms with Crippen LogP contribution in [0.25, 0.3) is 0 Å². The van der Waals surface area contributed by atoms with Crippen molar-refractivity contribution < 1.29 is 9.63 Å². The lowest BCUT2D eigenvalue weighted by Gasteiger charge is -2.04. The second-order valence-corrected chi connectivity index (χ2v) is 4.22. The van der Waals surface area contributed by atoms with Crippen LogP contribution in [0.5, 0.6) is 0 Å². The van der Waals surface area contributed by atoms with E-state index in [1.54, 1.807) is 18.3 Å². The first-order valence-electron chi connectivity index (χ1n) is 4.79. The van der Waals surface area contributed by atoms with Crippen molar-refractivity contribution in [3.8, 4) is 0 Å². The average Bonchev–Trinajstić information content (AvgIpc) is 2.61. The van der Waals surface area contributed by atoms with E-state index in [0.29, 0.717) is 13.2 Å². The predicted molar refractivity (Wildman–Crippen MR) is 58.7 cm³/mol. The predicted octanol–water partition coefficient (Wildman–Crippen LogP) is 1.24. The summed E-state index contributed by atoms with van der Waals surface area (Å²) < 4.78 is 0. The molecule has 0 saturated carbocycles. The summed E-state index contributed by atoms with van der Waals surface area (Å²) in [5, 5.41) is 3.70. The molecule has 84 valence electrons. The van der Waals surface area contributed by atoms with Crippen LogP contribution in [0.4, 0.5) is 4.79 Å². The second kappa shape index (κ2) is 6.36. The summed E-state index contributed by atoms with van der Waals surface area (Å²) in [5.74, 6) is 0. The molecule has 1 aromatic heterocycles. The van der Waals surface area contributed by atoms with Gasteiger partial charge in [0, 0.05) is 24.0 Å². The summed E-state index contributed by atoms with van der Waals surface area (Å²) in [6.07, 6.45) is 2.58. The Balaban J connectivity index is 2.13. The minimum atomic E-state index is -0.315. The number of hydroxylamine groups is 1. The van der Waals surface area contributed by atoms with Gasteiger partial charge in [0.2, 0.25) is 0 Å². The maximum Gasteiger partial charge on any atom is 0.338 e. The molecule has 0 aromatic carbocycles. The first-order valence-corrected chi connectivity index (χ1v) is 5.61. The molecule has 1 rings (SSSR count). The third kappa shape index (κ3) is 4.75. The number of aromatic nitrogens is 1. The number of hydrogen-bond acceptors (Lipinski definition) is 4. The molecule has 0 bridgehead atoms. The Kier molecular flexibility index (Phi) is 5.06. The highest BCUT2D eigenvalue weighted by molar-refractivity contribution is 7.11. The molecule has 0 atom stereocenters. The fraction of sp³-hybridized carbons (Fsp3) is 0.556. The highest BCUT2D eigenvalue weighted by Crippen LogP contribution is 2.10. The number of urea groups is 1. The Bertz CT molecular complexity index is 314. The molecule has 0 radical (unpaired) electrons. The van der Waals surface area contributed by atoms with Crippen molar-refractivity contribution in [3.63, 3.8) is 0 Å². The molecule has 0 aliphatic rings. The van der Waals surface area contributed by atoms with E-state index < -0.39 is 0 Å². The van der Waals surface area contributed by atoms with Gasteiger partial charge in [0.25, 0.3) is 0 Å². The first kappa shape index (κ1) is 11.9. The molecule has 0 spiro atoms. The zero-order chi connectivity index (χ0) is 11.1. The van der Waals surface area contributed by atoms with Crippen LogP contribution in [0, 0.1) is 6.92 Å². The highest BCUT2D eigenvalue weighted by atomic mass is 32.1. The molecule has 2 amide bonds. The quantitative estimate of drug-likeness (QED) is 0.747. The number of nitrogens with one attached hydrogen (secondary N) is 2. The molecule has 0 saturated heterocycles. The van der Waals surface area contributed by atoms with Gasteiger partial charge < -0.3 is 5.32 Å². The minimum absolute atomic E-state index is 0.315. The lowest BCUT2D eigenvalue weighted by atomic mass is 10.4. The van der Waals surface area contributed by atoms with Gasteiger partial charge in [-0.3, -0.25) is 4.84 Å². The zero-order valence-electron chi connectivity index (χ0n) is 8.87. The maximum absolute atomic E-state index is 11.0. The van der Waals surface area contributed by atoms with Crippen molar-refractivity contribution in [2.45, 2.75) is 20.3 Å². The van der Waals surface area contributed by atoms with Gasteiger partial charge >= 0.3 is 6.03 Å². The van der Waals surface area contributed by atoms with Crippen LogP contribution in [-0.2, 0) is 11.3 Å². The molecule has 1 heterocycles. The van der Waals surface area contributed by atoms with Gasteiger partial charge in [0.15, 0.2) is 0 Å². The summed E-state index contributed by atoms with van der Waals surface area (Å²) in [6, 6.07) is -0.315.